The number of aliphatic hydroxyl groups excluding tert-OH is 5. The van der Waals surface area contributed by atoms with Crippen LogP contribution in [0.1, 0.15) is 251 Å². The van der Waals surface area contributed by atoms with Gasteiger partial charge in [-0.15, -0.1) is 18.2 Å². The molecule has 0 radical (unpaired) electrons. The molecule has 0 aromatic rings. The Balaban J connectivity index is 1.74. The van der Waals surface area contributed by atoms with Gasteiger partial charge in [0.05, 0.1) is 36.3 Å². The number of unbranched alkanes of at least 4 members (excludes halogenated alkanes) is 33. The zero-order chi connectivity index (χ0) is 51.0. The second-order valence-electron chi connectivity index (χ2n) is 20.5. The summed E-state index contributed by atoms with van der Waals surface area (Å²) in [5.41, 5.74) is 0. The molecule has 2 rings (SSSR count). The molecule has 3 amide bonds. The molecule has 2 aliphatic heterocycles. The van der Waals surface area contributed by atoms with Gasteiger partial charge in [0, 0.05) is 18.2 Å². The quantitative estimate of drug-likeness (QED) is 0.0194. The third kappa shape index (κ3) is 29.0. The monoisotopic (exact) mass is 1010 g/mol. The number of hydrogen-bond acceptors (Lipinski definition) is 11. The molecule has 13 heteroatoms. The normalized spacial score (nSPS) is 20.7. The van der Waals surface area contributed by atoms with Crippen LogP contribution in [0.15, 0.2) is 11.0 Å². The van der Waals surface area contributed by atoms with Crippen molar-refractivity contribution in [2.45, 2.75) is 300 Å². The van der Waals surface area contributed by atoms with Crippen molar-refractivity contribution in [2.75, 3.05) is 18.9 Å². The van der Waals surface area contributed by atoms with E-state index in [9.17, 15) is 39.9 Å². The van der Waals surface area contributed by atoms with Crippen LogP contribution in [0.2, 0.25) is 0 Å². The smallest absolute Gasteiger partial charge is 0.268 e. The van der Waals surface area contributed by atoms with Gasteiger partial charge in [-0.25, -0.2) is 0 Å². The Morgan fingerprint density at radius 1 is 0.657 bits per heavy atom. The average Bonchev–Trinajstić information content (AvgIpc) is 3.62. The molecule has 0 aromatic heterocycles. The summed E-state index contributed by atoms with van der Waals surface area (Å²) in [5.74, 6) is 0.798. The molecule has 0 aliphatic carbocycles. The number of hydrogen-bond donors (Lipinski definition) is 6. The summed E-state index contributed by atoms with van der Waals surface area (Å²) >= 11 is 0.942. The van der Waals surface area contributed by atoms with Gasteiger partial charge in [0.15, 0.2) is 6.29 Å². The maximum absolute atomic E-state index is 13.3. The van der Waals surface area contributed by atoms with Crippen molar-refractivity contribution >= 4 is 29.5 Å². The van der Waals surface area contributed by atoms with Gasteiger partial charge < -0.3 is 40.3 Å². The number of carbonyl (C=O) groups is 3. The fourth-order valence-corrected chi connectivity index (χ4v) is 10.6. The van der Waals surface area contributed by atoms with Gasteiger partial charge in [-0.3, -0.25) is 19.3 Å². The van der Waals surface area contributed by atoms with Crippen LogP contribution >= 0.6 is 11.8 Å². The zero-order valence-corrected chi connectivity index (χ0v) is 45.0. The summed E-state index contributed by atoms with van der Waals surface area (Å²) in [6.07, 6.45) is 40.8. The van der Waals surface area contributed by atoms with E-state index in [4.69, 9.17) is 15.9 Å². The SMILES string of the molecule is C#CCN1C(=O)C=C(SC[C@H]2O[C@H](OC[C@H](NC(=O)CCCCCCCCCCCCCCCCCCCCCCCCC)[C@H](O)[C@H](O)CCCCCCCCCCCCCC)[C@H](O)[C@@H](O)[C@H]2O)C1=O. The van der Waals surface area contributed by atoms with Crippen LogP contribution in [-0.4, -0.2) is 116 Å². The molecule has 0 unspecified atom stereocenters. The predicted octanol–water partition coefficient (Wildman–Crippen LogP) is 11.1. The maximum atomic E-state index is 13.3. The van der Waals surface area contributed by atoms with E-state index in [0.717, 1.165) is 67.7 Å². The van der Waals surface area contributed by atoms with Crippen LogP contribution in [0.5, 0.6) is 0 Å². The zero-order valence-electron chi connectivity index (χ0n) is 44.2. The average molecular weight is 1010 g/mol. The molecule has 0 saturated carbocycles. The first-order valence-electron chi connectivity index (χ1n) is 28.7. The Hall–Kier alpha value is -2.02. The van der Waals surface area contributed by atoms with E-state index in [0.29, 0.717) is 12.8 Å². The van der Waals surface area contributed by atoms with Gasteiger partial charge in [-0.05, 0) is 12.8 Å². The predicted molar refractivity (Wildman–Crippen MR) is 285 cm³/mol. The van der Waals surface area contributed by atoms with Crippen LogP contribution in [-0.2, 0) is 23.9 Å². The topological polar surface area (TPSA) is 186 Å². The summed E-state index contributed by atoms with van der Waals surface area (Å²) in [5, 5.41) is 57.7. The highest BCUT2D eigenvalue weighted by Crippen LogP contribution is 2.30. The molecule has 70 heavy (non-hydrogen) atoms. The number of nitrogens with one attached hydrogen (secondary N) is 1. The van der Waals surface area contributed by atoms with E-state index in [1.54, 1.807) is 0 Å². The Labute approximate surface area is 430 Å². The van der Waals surface area contributed by atoms with Gasteiger partial charge in [0.25, 0.3) is 11.8 Å². The van der Waals surface area contributed by atoms with Crippen LogP contribution in [0.25, 0.3) is 0 Å². The summed E-state index contributed by atoms with van der Waals surface area (Å²) in [7, 11) is 0. The Kier molecular flexibility index (Phi) is 38.8. The van der Waals surface area contributed by atoms with Crippen LogP contribution in [0, 0.1) is 12.3 Å². The molecule has 0 aromatic carbocycles. The lowest BCUT2D eigenvalue weighted by molar-refractivity contribution is -0.294. The van der Waals surface area contributed by atoms with Gasteiger partial charge in [-0.1, -0.05) is 238 Å². The summed E-state index contributed by atoms with van der Waals surface area (Å²) in [6.45, 7) is 3.97. The number of terminal acetylenes is 1. The lowest BCUT2D eigenvalue weighted by Crippen LogP contribution is -2.60. The van der Waals surface area contributed by atoms with Crippen molar-refractivity contribution in [1.82, 2.24) is 10.2 Å². The highest BCUT2D eigenvalue weighted by atomic mass is 32.2. The summed E-state index contributed by atoms with van der Waals surface area (Å²) in [6, 6.07) is -1.05. The highest BCUT2D eigenvalue weighted by molar-refractivity contribution is 8.04. The number of ether oxygens (including phenoxy) is 2. The fraction of sp³-hybridized carbons (Fsp3) is 0.877. The standard InChI is InChI=1S/C57H102N2O10S/c1-4-7-9-11-13-15-17-19-20-21-22-23-24-25-26-27-28-29-31-33-35-37-39-41-50(61)58-46(52(63)47(60)40-38-36-34-32-30-18-16-14-12-10-8-5-2)44-68-57-55(66)54(65)53(64)48(69-57)45-70-49-43-51(62)59(42-6-3)56(49)67/h3,43,46-48,52-55,57,60,63-66H,4-5,7-42,44-45H2,1-2H3,(H,58,61)/t46-,47+,48+,52-,53-,54-,55+,57-/m0/s1. The van der Waals surface area contributed by atoms with E-state index in [-0.39, 0.29) is 36.1 Å². The number of amides is 3. The summed E-state index contributed by atoms with van der Waals surface area (Å²) < 4.78 is 11.8. The molecule has 8 atom stereocenters. The minimum atomic E-state index is -1.68. The van der Waals surface area contributed by atoms with Crippen molar-refractivity contribution in [2.24, 2.45) is 0 Å². The minimum absolute atomic E-state index is 0.0698. The lowest BCUT2D eigenvalue weighted by atomic mass is 9.98. The third-order valence-corrected chi connectivity index (χ3v) is 15.3. The van der Waals surface area contributed by atoms with Gasteiger partial charge >= 0.3 is 0 Å². The number of rotatable bonds is 47. The number of imide groups is 1. The first-order valence-corrected chi connectivity index (χ1v) is 29.6. The molecule has 0 spiro atoms. The largest absolute Gasteiger partial charge is 0.390 e. The second-order valence-corrected chi connectivity index (χ2v) is 21.6. The van der Waals surface area contributed by atoms with E-state index in [2.05, 4.69) is 25.1 Å². The first-order chi connectivity index (χ1) is 34.0. The molecule has 2 heterocycles. The Morgan fingerprint density at radius 3 is 1.50 bits per heavy atom. The van der Waals surface area contributed by atoms with Gasteiger partial charge in [0.2, 0.25) is 5.91 Å². The number of thioether (sulfide) groups is 1. The van der Waals surface area contributed by atoms with Crippen molar-refractivity contribution in [3.63, 3.8) is 0 Å². The Morgan fingerprint density at radius 2 is 1.07 bits per heavy atom. The fourth-order valence-electron chi connectivity index (χ4n) is 9.60. The summed E-state index contributed by atoms with van der Waals surface area (Å²) in [4.78, 5) is 39.2. The molecule has 1 saturated heterocycles. The van der Waals surface area contributed by atoms with Crippen molar-refractivity contribution < 1.29 is 49.4 Å². The van der Waals surface area contributed by atoms with Gasteiger partial charge in [-0.2, -0.15) is 0 Å². The van der Waals surface area contributed by atoms with Crippen molar-refractivity contribution in [3.05, 3.63) is 11.0 Å². The van der Waals surface area contributed by atoms with E-state index in [1.165, 1.54) is 173 Å². The first kappa shape index (κ1) is 64.1. The van der Waals surface area contributed by atoms with Crippen LogP contribution in [0.4, 0.5) is 0 Å². The van der Waals surface area contributed by atoms with E-state index in [1.807, 2.05) is 0 Å². The van der Waals surface area contributed by atoms with E-state index < -0.39 is 60.8 Å². The minimum Gasteiger partial charge on any atom is -0.390 e. The Bertz CT molecular complexity index is 1410. The molecule has 2 aliphatic rings. The molecule has 1 fully saturated rings. The van der Waals surface area contributed by atoms with Crippen molar-refractivity contribution in [3.8, 4) is 12.3 Å². The third-order valence-electron chi connectivity index (χ3n) is 14.3. The van der Waals surface area contributed by atoms with Crippen molar-refractivity contribution in [1.29, 1.82) is 0 Å². The second kappa shape index (κ2) is 42.3. The van der Waals surface area contributed by atoms with Crippen LogP contribution < -0.4 is 5.32 Å². The molecular formula is C57H102N2O10S. The molecular weight excluding hydrogens is 905 g/mol. The van der Waals surface area contributed by atoms with Crippen LogP contribution in [0.3, 0.4) is 0 Å². The number of aliphatic hydroxyl groups is 5. The molecule has 12 nitrogen and oxygen atoms in total. The molecule has 0 bridgehead atoms. The maximum Gasteiger partial charge on any atom is 0.268 e. The number of carbonyl (C=O) groups excluding carboxylic acids is 3. The van der Waals surface area contributed by atoms with Gasteiger partial charge in [0.1, 0.15) is 24.4 Å². The van der Waals surface area contributed by atoms with E-state index >= 15 is 0 Å². The lowest BCUT2D eigenvalue weighted by Gasteiger charge is -2.41. The highest BCUT2D eigenvalue weighted by Gasteiger charge is 2.45. The molecule has 406 valence electrons. The molecule has 6 N–H and O–H groups in total. The number of nitrogens with zero attached hydrogens (tertiary/aromatic N) is 1.